The summed E-state index contributed by atoms with van der Waals surface area (Å²) in [4.78, 5) is 2.42. The van der Waals surface area contributed by atoms with Crippen LogP contribution in [0.25, 0.3) is 10.8 Å². The molecule has 1 aliphatic rings. The number of anilines is 1. The second kappa shape index (κ2) is 5.62. The van der Waals surface area contributed by atoms with E-state index in [9.17, 15) is 0 Å². The van der Waals surface area contributed by atoms with Crippen molar-refractivity contribution in [1.29, 1.82) is 0 Å². The molecule has 1 N–H and O–H groups in total. The summed E-state index contributed by atoms with van der Waals surface area (Å²) in [6.45, 7) is 3.49. The zero-order chi connectivity index (χ0) is 13.1. The molecule has 2 aromatic carbocycles. The molecule has 0 saturated carbocycles. The summed E-state index contributed by atoms with van der Waals surface area (Å²) in [6, 6.07) is 15.2. The van der Waals surface area contributed by atoms with E-state index in [1.54, 1.807) is 0 Å². The maximum atomic E-state index is 3.50. The van der Waals surface area contributed by atoms with Gasteiger partial charge in [0.15, 0.2) is 0 Å². The van der Waals surface area contributed by atoms with Crippen LogP contribution in [0.2, 0.25) is 0 Å². The molecule has 0 spiro atoms. The summed E-state index contributed by atoms with van der Waals surface area (Å²) in [7, 11) is 2.22. The number of piperidine rings is 1. The molecule has 0 amide bonds. The number of fused-ring (bicyclic) bond motifs is 1. The first kappa shape index (κ1) is 12.5. The quantitative estimate of drug-likeness (QED) is 0.904. The summed E-state index contributed by atoms with van der Waals surface area (Å²) in [5.74, 6) is 0.776. The van der Waals surface area contributed by atoms with Crippen LogP contribution in [0.3, 0.4) is 0 Å². The molecule has 0 aromatic heterocycles. The summed E-state index contributed by atoms with van der Waals surface area (Å²) >= 11 is 0. The summed E-state index contributed by atoms with van der Waals surface area (Å²) in [5.41, 5.74) is 1.35. The Balaban J connectivity index is 1.82. The van der Waals surface area contributed by atoms with E-state index in [0.29, 0.717) is 0 Å². The molecular weight excluding hydrogens is 232 g/mol. The van der Waals surface area contributed by atoms with Gasteiger partial charge in [-0.25, -0.2) is 0 Å². The van der Waals surface area contributed by atoms with E-state index in [-0.39, 0.29) is 0 Å². The van der Waals surface area contributed by atoms with Gasteiger partial charge in [-0.2, -0.15) is 0 Å². The lowest BCUT2D eigenvalue weighted by Gasteiger charge is -2.29. The number of hydrogen-bond donors (Lipinski definition) is 1. The highest BCUT2D eigenvalue weighted by atomic mass is 15.1. The summed E-state index contributed by atoms with van der Waals surface area (Å²) in [6.07, 6.45) is 2.66. The number of benzene rings is 2. The number of nitrogens with zero attached hydrogens (tertiary/aromatic N) is 1. The molecule has 1 fully saturated rings. The number of hydrogen-bond acceptors (Lipinski definition) is 2. The zero-order valence-electron chi connectivity index (χ0n) is 11.6. The van der Waals surface area contributed by atoms with E-state index in [4.69, 9.17) is 0 Å². The fourth-order valence-corrected chi connectivity index (χ4v) is 3.11. The van der Waals surface area contributed by atoms with Crippen LogP contribution in [-0.2, 0) is 0 Å². The summed E-state index contributed by atoms with van der Waals surface area (Å²) < 4.78 is 0. The standard InChI is InChI=1S/C17H22N2/c1-19(13-14-6-5-11-18-12-14)17-10-4-8-15-7-2-3-9-16(15)17/h2-4,7-10,14,18H,5-6,11-13H2,1H3. The predicted octanol–water partition coefficient (Wildman–Crippen LogP) is 3.28. The first-order valence-corrected chi connectivity index (χ1v) is 7.24. The minimum Gasteiger partial charge on any atom is -0.374 e. The van der Waals surface area contributed by atoms with E-state index in [0.717, 1.165) is 19.0 Å². The van der Waals surface area contributed by atoms with Gasteiger partial charge in [-0.3, -0.25) is 0 Å². The lowest BCUT2D eigenvalue weighted by Crippen LogP contribution is -2.36. The van der Waals surface area contributed by atoms with Crippen molar-refractivity contribution in [2.45, 2.75) is 12.8 Å². The molecule has 1 saturated heterocycles. The highest BCUT2D eigenvalue weighted by Gasteiger charge is 2.16. The third kappa shape index (κ3) is 2.74. The molecule has 0 bridgehead atoms. The van der Waals surface area contributed by atoms with Crippen molar-refractivity contribution in [2.24, 2.45) is 5.92 Å². The van der Waals surface area contributed by atoms with Crippen LogP contribution in [0.15, 0.2) is 42.5 Å². The Labute approximate surface area is 115 Å². The van der Waals surface area contributed by atoms with Crippen molar-refractivity contribution >= 4 is 16.5 Å². The smallest absolute Gasteiger partial charge is 0.0443 e. The predicted molar refractivity (Wildman–Crippen MR) is 82.8 cm³/mol. The Hall–Kier alpha value is -1.54. The molecule has 1 aliphatic heterocycles. The Kier molecular flexibility index (Phi) is 3.69. The molecule has 0 aliphatic carbocycles. The van der Waals surface area contributed by atoms with Gasteiger partial charge in [0.25, 0.3) is 0 Å². The Morgan fingerprint density at radius 3 is 2.84 bits per heavy atom. The Morgan fingerprint density at radius 1 is 1.16 bits per heavy atom. The lowest BCUT2D eigenvalue weighted by atomic mass is 9.98. The zero-order valence-corrected chi connectivity index (χ0v) is 11.6. The number of nitrogens with one attached hydrogen (secondary N) is 1. The second-order valence-corrected chi connectivity index (χ2v) is 5.59. The van der Waals surface area contributed by atoms with Crippen molar-refractivity contribution in [2.75, 3.05) is 31.6 Å². The van der Waals surface area contributed by atoms with Gasteiger partial charge in [-0.05, 0) is 43.3 Å². The minimum atomic E-state index is 0.776. The molecule has 1 atom stereocenters. The molecule has 1 unspecified atom stereocenters. The lowest BCUT2D eigenvalue weighted by molar-refractivity contribution is 0.381. The molecule has 2 nitrogen and oxygen atoms in total. The first-order valence-electron chi connectivity index (χ1n) is 7.24. The van der Waals surface area contributed by atoms with Crippen LogP contribution >= 0.6 is 0 Å². The van der Waals surface area contributed by atoms with Crippen molar-refractivity contribution in [3.63, 3.8) is 0 Å². The second-order valence-electron chi connectivity index (χ2n) is 5.59. The van der Waals surface area contributed by atoms with Gasteiger partial charge in [0.05, 0.1) is 0 Å². The van der Waals surface area contributed by atoms with Crippen molar-refractivity contribution in [3.8, 4) is 0 Å². The highest BCUT2D eigenvalue weighted by molar-refractivity contribution is 5.94. The molecule has 2 heteroatoms. The molecule has 1 heterocycles. The van der Waals surface area contributed by atoms with Gasteiger partial charge in [0, 0.05) is 24.7 Å². The third-order valence-electron chi connectivity index (χ3n) is 4.11. The van der Waals surface area contributed by atoms with Crippen molar-refractivity contribution in [1.82, 2.24) is 5.32 Å². The molecule has 19 heavy (non-hydrogen) atoms. The van der Waals surface area contributed by atoms with Gasteiger partial charge in [-0.1, -0.05) is 36.4 Å². The van der Waals surface area contributed by atoms with Crippen LogP contribution in [0.5, 0.6) is 0 Å². The van der Waals surface area contributed by atoms with Gasteiger partial charge in [0.1, 0.15) is 0 Å². The maximum absolute atomic E-state index is 3.50. The van der Waals surface area contributed by atoms with Gasteiger partial charge in [0.2, 0.25) is 0 Å². The van der Waals surface area contributed by atoms with Crippen LogP contribution < -0.4 is 10.2 Å². The van der Waals surface area contributed by atoms with Crippen LogP contribution in [0.1, 0.15) is 12.8 Å². The van der Waals surface area contributed by atoms with Crippen molar-refractivity contribution in [3.05, 3.63) is 42.5 Å². The number of rotatable bonds is 3. The minimum absolute atomic E-state index is 0.776. The first-order chi connectivity index (χ1) is 9.34. The molecule has 2 aromatic rings. The van der Waals surface area contributed by atoms with Crippen LogP contribution in [0, 0.1) is 5.92 Å². The van der Waals surface area contributed by atoms with Gasteiger partial charge < -0.3 is 10.2 Å². The molecule has 0 radical (unpaired) electrons. The normalized spacial score (nSPS) is 19.5. The third-order valence-corrected chi connectivity index (χ3v) is 4.11. The van der Waals surface area contributed by atoms with E-state index in [1.807, 2.05) is 0 Å². The Bertz CT molecular complexity index is 538. The van der Waals surface area contributed by atoms with Crippen LogP contribution in [-0.4, -0.2) is 26.7 Å². The van der Waals surface area contributed by atoms with E-state index < -0.39 is 0 Å². The van der Waals surface area contributed by atoms with E-state index >= 15 is 0 Å². The SMILES string of the molecule is CN(CC1CCCNC1)c1cccc2ccccc12. The van der Waals surface area contributed by atoms with E-state index in [2.05, 4.69) is 59.7 Å². The van der Waals surface area contributed by atoms with Crippen molar-refractivity contribution < 1.29 is 0 Å². The monoisotopic (exact) mass is 254 g/mol. The Morgan fingerprint density at radius 2 is 2.00 bits per heavy atom. The molecule has 100 valence electrons. The average Bonchev–Trinajstić information content (AvgIpc) is 2.47. The van der Waals surface area contributed by atoms with E-state index in [1.165, 1.54) is 35.8 Å². The van der Waals surface area contributed by atoms with Gasteiger partial charge >= 0.3 is 0 Å². The fraction of sp³-hybridized carbons (Fsp3) is 0.412. The average molecular weight is 254 g/mol. The fourth-order valence-electron chi connectivity index (χ4n) is 3.11. The maximum Gasteiger partial charge on any atom is 0.0443 e. The van der Waals surface area contributed by atoms with Crippen LogP contribution in [0.4, 0.5) is 5.69 Å². The molecular formula is C17H22N2. The van der Waals surface area contributed by atoms with Gasteiger partial charge in [-0.15, -0.1) is 0 Å². The topological polar surface area (TPSA) is 15.3 Å². The largest absolute Gasteiger partial charge is 0.374 e. The molecule has 3 rings (SSSR count). The highest BCUT2D eigenvalue weighted by Crippen LogP contribution is 2.27. The summed E-state index contributed by atoms with van der Waals surface area (Å²) in [5, 5.41) is 6.19.